The van der Waals surface area contributed by atoms with E-state index in [2.05, 4.69) is 13.8 Å². The second-order valence-corrected chi connectivity index (χ2v) is 10.4. The molecule has 4 saturated carbocycles. The van der Waals surface area contributed by atoms with Gasteiger partial charge in [0.2, 0.25) is 0 Å². The molecule has 8 atom stereocenters. The third-order valence-corrected chi connectivity index (χ3v) is 9.23. The van der Waals surface area contributed by atoms with Gasteiger partial charge in [-0.25, -0.2) is 0 Å². The van der Waals surface area contributed by atoms with Crippen LogP contribution in [0.5, 0.6) is 0 Å². The molecule has 4 rings (SSSR count). The van der Waals surface area contributed by atoms with Crippen molar-refractivity contribution in [2.75, 3.05) is 6.61 Å². The lowest BCUT2D eigenvalue weighted by molar-refractivity contribution is -0.129. The number of hydrogen-bond acceptors (Lipinski definition) is 2. The first-order valence-corrected chi connectivity index (χ1v) is 10.5. The van der Waals surface area contributed by atoms with Gasteiger partial charge in [-0.05, 0) is 105 Å². The zero-order valence-corrected chi connectivity index (χ0v) is 15.9. The number of ketones is 1. The summed E-state index contributed by atoms with van der Waals surface area (Å²) in [5.74, 6) is 5.14. The molecule has 2 nitrogen and oxygen atoms in total. The van der Waals surface area contributed by atoms with Gasteiger partial charge in [-0.2, -0.15) is 0 Å². The van der Waals surface area contributed by atoms with Crippen molar-refractivity contribution in [3.63, 3.8) is 0 Å². The summed E-state index contributed by atoms with van der Waals surface area (Å²) in [6.45, 7) is 6.94. The van der Waals surface area contributed by atoms with E-state index in [1.54, 1.807) is 0 Å². The van der Waals surface area contributed by atoms with E-state index in [0.29, 0.717) is 23.7 Å². The minimum Gasteiger partial charge on any atom is -0.396 e. The first kappa shape index (κ1) is 17.1. The first-order chi connectivity index (χ1) is 11.4. The lowest BCUT2D eigenvalue weighted by Gasteiger charge is -2.57. The quantitative estimate of drug-likeness (QED) is 0.785. The predicted molar refractivity (Wildman–Crippen MR) is 96.5 cm³/mol. The molecule has 0 aliphatic heterocycles. The number of Topliss-reactive ketones (excluding diaryl/α,β-unsaturated/α-hetero) is 1. The van der Waals surface area contributed by atoms with Crippen LogP contribution < -0.4 is 0 Å². The van der Waals surface area contributed by atoms with Crippen LogP contribution >= 0.6 is 0 Å². The van der Waals surface area contributed by atoms with Crippen LogP contribution in [0.15, 0.2) is 0 Å². The fraction of sp³-hybridized carbons (Fsp3) is 0.955. The van der Waals surface area contributed by atoms with E-state index in [4.69, 9.17) is 0 Å². The molecule has 0 saturated heterocycles. The summed E-state index contributed by atoms with van der Waals surface area (Å²) in [5.41, 5.74) is 0.485. The molecule has 1 N–H and O–H groups in total. The highest BCUT2D eigenvalue weighted by Gasteiger charge is 2.58. The van der Waals surface area contributed by atoms with Gasteiger partial charge in [0.1, 0.15) is 5.78 Å². The van der Waals surface area contributed by atoms with Gasteiger partial charge in [0.15, 0.2) is 0 Å². The average Bonchev–Trinajstić information content (AvgIpc) is 2.91. The molecule has 0 aromatic rings. The Balaban J connectivity index is 1.54. The van der Waals surface area contributed by atoms with Crippen LogP contribution in [0, 0.1) is 46.3 Å². The molecule has 1 unspecified atom stereocenters. The van der Waals surface area contributed by atoms with Gasteiger partial charge in [0.25, 0.3) is 0 Å². The Kier molecular flexibility index (Phi) is 4.14. The first-order valence-electron chi connectivity index (χ1n) is 10.5. The van der Waals surface area contributed by atoms with Crippen molar-refractivity contribution in [1.82, 2.24) is 0 Å². The Bertz CT molecular complexity index is 514. The van der Waals surface area contributed by atoms with E-state index in [0.717, 1.165) is 36.0 Å². The normalized spacial score (nSPS) is 53.8. The van der Waals surface area contributed by atoms with Gasteiger partial charge >= 0.3 is 0 Å². The zero-order chi connectivity index (χ0) is 17.1. The van der Waals surface area contributed by atoms with Crippen LogP contribution in [0.3, 0.4) is 0 Å². The molecule has 2 heteroatoms. The lowest BCUT2D eigenvalue weighted by atomic mass is 9.48. The number of carbonyl (C=O) groups excluding carboxylic acids is 1. The molecule has 0 radical (unpaired) electrons. The number of rotatable bonds is 2. The smallest absolute Gasteiger partial charge is 0.133 e. The van der Waals surface area contributed by atoms with Gasteiger partial charge < -0.3 is 5.11 Å². The Morgan fingerprint density at radius 2 is 1.71 bits per heavy atom. The van der Waals surface area contributed by atoms with Crippen molar-refractivity contribution in [1.29, 1.82) is 0 Å². The molecular formula is C22H36O2. The highest BCUT2D eigenvalue weighted by atomic mass is 16.3. The summed E-state index contributed by atoms with van der Waals surface area (Å²) < 4.78 is 0. The molecule has 0 aromatic heterocycles. The van der Waals surface area contributed by atoms with E-state index in [1.165, 1.54) is 51.4 Å². The summed E-state index contributed by atoms with van der Waals surface area (Å²) in [7, 11) is 0. The van der Waals surface area contributed by atoms with Crippen molar-refractivity contribution >= 4 is 5.78 Å². The monoisotopic (exact) mass is 332 g/mol. The van der Waals surface area contributed by atoms with E-state index < -0.39 is 0 Å². The molecule has 136 valence electrons. The maximum absolute atomic E-state index is 12.2. The van der Waals surface area contributed by atoms with Crippen molar-refractivity contribution in [3.05, 3.63) is 0 Å². The van der Waals surface area contributed by atoms with Gasteiger partial charge in [-0.1, -0.05) is 13.8 Å². The van der Waals surface area contributed by atoms with Crippen molar-refractivity contribution in [2.24, 2.45) is 46.3 Å². The van der Waals surface area contributed by atoms with E-state index in [-0.39, 0.29) is 5.41 Å². The van der Waals surface area contributed by atoms with Gasteiger partial charge in [-0.15, -0.1) is 0 Å². The van der Waals surface area contributed by atoms with Crippen LogP contribution in [0.25, 0.3) is 0 Å². The molecule has 0 heterocycles. The largest absolute Gasteiger partial charge is 0.396 e. The molecular weight excluding hydrogens is 296 g/mol. The molecule has 0 amide bonds. The number of aliphatic hydroxyl groups excluding tert-OH is 1. The Morgan fingerprint density at radius 3 is 2.42 bits per heavy atom. The summed E-state index contributed by atoms with van der Waals surface area (Å²) in [6, 6.07) is 0. The molecule has 0 spiro atoms. The second kappa shape index (κ2) is 5.83. The number of hydrogen-bond donors (Lipinski definition) is 1. The maximum atomic E-state index is 12.2. The second-order valence-electron chi connectivity index (χ2n) is 10.4. The van der Waals surface area contributed by atoms with Gasteiger partial charge in [0, 0.05) is 12.5 Å². The maximum Gasteiger partial charge on any atom is 0.133 e. The lowest BCUT2D eigenvalue weighted by Crippen LogP contribution is -2.50. The summed E-state index contributed by atoms with van der Waals surface area (Å²) in [4.78, 5) is 12.2. The minimum atomic E-state index is 0.185. The molecule has 4 fully saturated rings. The summed E-state index contributed by atoms with van der Waals surface area (Å²) >= 11 is 0. The molecule has 0 aromatic carbocycles. The predicted octanol–water partition coefficient (Wildman–Crippen LogP) is 4.84. The molecule has 4 aliphatic carbocycles. The summed E-state index contributed by atoms with van der Waals surface area (Å²) in [6.07, 6.45) is 11.6. The third-order valence-electron chi connectivity index (χ3n) is 9.23. The number of carbonyl (C=O) groups is 1. The molecule has 0 bridgehead atoms. The van der Waals surface area contributed by atoms with Crippen molar-refractivity contribution in [3.8, 4) is 0 Å². The zero-order valence-electron chi connectivity index (χ0n) is 15.9. The van der Waals surface area contributed by atoms with Gasteiger partial charge in [0.05, 0.1) is 0 Å². The Labute approximate surface area is 147 Å². The summed E-state index contributed by atoms with van der Waals surface area (Å²) in [5, 5.41) is 9.78. The van der Waals surface area contributed by atoms with Crippen molar-refractivity contribution in [2.45, 2.75) is 78.6 Å². The van der Waals surface area contributed by atoms with E-state index >= 15 is 0 Å². The van der Waals surface area contributed by atoms with Crippen LogP contribution in [0.1, 0.15) is 78.6 Å². The van der Waals surface area contributed by atoms with Crippen LogP contribution in [-0.2, 0) is 4.79 Å². The average molecular weight is 333 g/mol. The number of fused-ring (bicyclic) bond motifs is 5. The molecule has 4 aliphatic rings. The topological polar surface area (TPSA) is 37.3 Å². The fourth-order valence-corrected chi connectivity index (χ4v) is 8.00. The van der Waals surface area contributed by atoms with Crippen LogP contribution in [-0.4, -0.2) is 17.5 Å². The fourth-order valence-electron chi connectivity index (χ4n) is 8.00. The SMILES string of the molecule is CC(=O)[C@H]1CC[C@H]2[C@@H]3CC[C@H]4CC(C)(CO)CC[C@@H]4[C@H]3CC[C@]12C. The highest BCUT2D eigenvalue weighted by molar-refractivity contribution is 5.79. The highest BCUT2D eigenvalue weighted by Crippen LogP contribution is 2.65. The third kappa shape index (κ3) is 2.42. The minimum absolute atomic E-state index is 0.185. The number of aliphatic hydroxyl groups is 1. The van der Waals surface area contributed by atoms with E-state index in [9.17, 15) is 9.90 Å². The molecule has 24 heavy (non-hydrogen) atoms. The van der Waals surface area contributed by atoms with Crippen LogP contribution in [0.4, 0.5) is 0 Å². The Hall–Kier alpha value is -0.370. The van der Waals surface area contributed by atoms with Gasteiger partial charge in [-0.3, -0.25) is 4.79 Å². The van der Waals surface area contributed by atoms with E-state index in [1.807, 2.05) is 6.92 Å². The van der Waals surface area contributed by atoms with Crippen LogP contribution in [0.2, 0.25) is 0 Å². The standard InChI is InChI=1S/C22H36O2/c1-14(24)19-6-7-20-18-5-4-15-12-21(2,13-23)10-8-16(15)17(18)9-11-22(19,20)3/h15-20,23H,4-13H2,1-3H3/t15-,16-,17+,18+,19+,20-,21?,22+/m0/s1. The Morgan fingerprint density at radius 1 is 0.958 bits per heavy atom. The van der Waals surface area contributed by atoms with Crippen molar-refractivity contribution < 1.29 is 9.90 Å².